The van der Waals surface area contributed by atoms with Crippen molar-refractivity contribution in [2.45, 2.75) is 0 Å². The molecule has 8 aromatic carbocycles. The average Bonchev–Trinajstić information content (AvgIpc) is 3.95. The summed E-state index contributed by atoms with van der Waals surface area (Å²) in [6.45, 7) is 0. The van der Waals surface area contributed by atoms with Crippen molar-refractivity contribution in [3.63, 3.8) is 0 Å². The van der Waals surface area contributed by atoms with Crippen LogP contribution in [0.3, 0.4) is 0 Å². The van der Waals surface area contributed by atoms with Crippen LogP contribution in [0.2, 0.25) is 0 Å². The number of furan rings is 2. The van der Waals surface area contributed by atoms with Gasteiger partial charge in [0.15, 0.2) is 0 Å². The van der Waals surface area contributed by atoms with Gasteiger partial charge in [-0.1, -0.05) is 97.1 Å². The number of hydrogen-bond acceptors (Lipinski definition) is 5. The van der Waals surface area contributed by atoms with Gasteiger partial charge in [-0.15, -0.1) is 11.3 Å². The predicted octanol–water partition coefficient (Wildman–Crippen LogP) is 14.0. The monoisotopic (exact) mass is 682 g/mol. The van der Waals surface area contributed by atoms with Gasteiger partial charge in [0.1, 0.15) is 27.3 Å². The molecule has 0 saturated carbocycles. The van der Waals surface area contributed by atoms with E-state index in [4.69, 9.17) is 13.8 Å². The van der Waals surface area contributed by atoms with Crippen molar-refractivity contribution in [2.75, 3.05) is 4.90 Å². The summed E-state index contributed by atoms with van der Waals surface area (Å²) in [5.74, 6) is 0. The van der Waals surface area contributed by atoms with E-state index in [2.05, 4.69) is 138 Å². The lowest BCUT2D eigenvalue weighted by Crippen LogP contribution is -2.10. The molecule has 0 saturated heterocycles. The van der Waals surface area contributed by atoms with E-state index in [1.165, 1.54) is 37.5 Å². The Kier molecular flexibility index (Phi) is 5.62. The van der Waals surface area contributed by atoms with Crippen LogP contribution in [0, 0.1) is 0 Å². The number of rotatable bonds is 4. The van der Waals surface area contributed by atoms with Gasteiger partial charge >= 0.3 is 0 Å². The normalized spacial score (nSPS) is 12.2. The van der Waals surface area contributed by atoms with Gasteiger partial charge in [-0.25, -0.2) is 4.98 Å². The van der Waals surface area contributed by atoms with Gasteiger partial charge in [0.25, 0.3) is 0 Å². The van der Waals surface area contributed by atoms with Gasteiger partial charge in [-0.05, 0) is 70.1 Å². The van der Waals surface area contributed by atoms with Gasteiger partial charge in [0.2, 0.25) is 0 Å². The fourth-order valence-electron chi connectivity index (χ4n) is 8.28. The van der Waals surface area contributed by atoms with Gasteiger partial charge in [-0.3, -0.25) is 0 Å². The molecular weight excluding hydrogens is 657 g/mol. The third kappa shape index (κ3) is 3.94. The first-order chi connectivity index (χ1) is 25.7. The molecule has 0 amide bonds. The summed E-state index contributed by atoms with van der Waals surface area (Å²) in [4.78, 5) is 8.94. The molecule has 0 spiro atoms. The van der Waals surface area contributed by atoms with Crippen LogP contribution in [0.5, 0.6) is 0 Å². The van der Waals surface area contributed by atoms with Gasteiger partial charge in [-0.2, -0.15) is 0 Å². The highest BCUT2D eigenvalue weighted by Crippen LogP contribution is 2.54. The van der Waals surface area contributed by atoms with Crippen LogP contribution in [-0.4, -0.2) is 4.98 Å². The van der Waals surface area contributed by atoms with Gasteiger partial charge < -0.3 is 13.7 Å². The number of thiazole rings is 1. The molecule has 0 N–H and O–H groups in total. The highest BCUT2D eigenvalue weighted by atomic mass is 32.1. The van der Waals surface area contributed by atoms with Crippen molar-refractivity contribution >= 4 is 93.8 Å². The highest BCUT2D eigenvalue weighted by molar-refractivity contribution is 7.19. The molecule has 5 heteroatoms. The molecule has 12 rings (SSSR count). The molecule has 52 heavy (non-hydrogen) atoms. The molecule has 0 atom stereocenters. The third-order valence-electron chi connectivity index (χ3n) is 10.6. The van der Waals surface area contributed by atoms with Crippen molar-refractivity contribution in [3.05, 3.63) is 158 Å². The van der Waals surface area contributed by atoms with Crippen LogP contribution < -0.4 is 4.90 Å². The minimum atomic E-state index is 0.850. The average molecular weight is 683 g/mol. The summed E-state index contributed by atoms with van der Waals surface area (Å²) in [5, 5.41) is 10.3. The Morgan fingerprint density at radius 2 is 1.00 bits per heavy atom. The first-order valence-electron chi connectivity index (χ1n) is 17.4. The fraction of sp³-hybridized carbons (Fsp3) is 0. The maximum atomic E-state index is 6.42. The molecule has 3 heterocycles. The van der Waals surface area contributed by atoms with E-state index >= 15 is 0 Å². The minimum absolute atomic E-state index is 0.850. The zero-order chi connectivity index (χ0) is 33.9. The Labute approximate surface area is 301 Å². The van der Waals surface area contributed by atoms with E-state index in [0.29, 0.717) is 0 Å². The number of hydrogen-bond donors (Lipinski definition) is 0. The maximum Gasteiger partial charge on any atom is 0.137 e. The number of fused-ring (bicyclic) bond motifs is 10. The van der Waals surface area contributed by atoms with E-state index in [9.17, 15) is 0 Å². The van der Waals surface area contributed by atoms with Crippen molar-refractivity contribution < 1.29 is 8.83 Å². The number of para-hydroxylation sites is 2. The zero-order valence-electron chi connectivity index (χ0n) is 27.6. The Morgan fingerprint density at radius 1 is 0.423 bits per heavy atom. The summed E-state index contributed by atoms with van der Waals surface area (Å²) in [5.41, 5.74) is 11.1. The van der Waals surface area contributed by atoms with E-state index in [0.717, 1.165) is 77.2 Å². The largest absolute Gasteiger partial charge is 0.456 e. The molecule has 0 bridgehead atoms. The summed E-state index contributed by atoms with van der Waals surface area (Å²) in [6, 6.07) is 55.8. The molecule has 3 aromatic heterocycles. The Hall–Kier alpha value is -6.69. The third-order valence-corrected chi connectivity index (χ3v) is 11.7. The number of nitrogens with zero attached hydrogens (tertiary/aromatic N) is 2. The minimum Gasteiger partial charge on any atom is -0.456 e. The predicted molar refractivity (Wildman–Crippen MR) is 216 cm³/mol. The molecule has 4 nitrogen and oxygen atoms in total. The fourth-order valence-corrected chi connectivity index (χ4v) is 9.43. The van der Waals surface area contributed by atoms with Crippen molar-refractivity contribution in [2.24, 2.45) is 0 Å². The van der Waals surface area contributed by atoms with Crippen LogP contribution in [0.15, 0.2) is 167 Å². The standard InChI is InChI=1S/C47H26N2O2S/c1-2-12-32-27(9-1)10-7-15-37(32)47-48-45-39-24-31(23-28-11-8-16-38(44(28)39)46(45)52-47)49(29-19-21-35-33-13-3-5-17-40(33)50-42(35)25-29)30-20-22-36-34-14-4-6-18-41(34)51-43(36)26-30/h1-26H. The lowest BCUT2D eigenvalue weighted by atomic mass is 10.0. The molecule has 11 aromatic rings. The molecule has 0 aliphatic heterocycles. The second-order valence-corrected chi connectivity index (χ2v) is 14.5. The van der Waals surface area contributed by atoms with E-state index in [-0.39, 0.29) is 0 Å². The number of benzene rings is 8. The van der Waals surface area contributed by atoms with E-state index in [1.807, 2.05) is 24.3 Å². The van der Waals surface area contributed by atoms with E-state index in [1.54, 1.807) is 11.3 Å². The first-order valence-corrected chi connectivity index (χ1v) is 18.3. The van der Waals surface area contributed by atoms with Crippen LogP contribution in [0.25, 0.3) is 97.7 Å². The lowest BCUT2D eigenvalue weighted by molar-refractivity contribution is 0.669. The summed E-state index contributed by atoms with van der Waals surface area (Å²) in [7, 11) is 0. The molecule has 1 aliphatic carbocycles. The molecular formula is C47H26N2O2S. The molecule has 242 valence electrons. The smallest absolute Gasteiger partial charge is 0.137 e. The van der Waals surface area contributed by atoms with Crippen LogP contribution in [0.4, 0.5) is 17.1 Å². The Bertz CT molecular complexity index is 3160. The molecule has 0 radical (unpaired) electrons. The lowest BCUT2D eigenvalue weighted by Gasteiger charge is -2.26. The molecule has 1 aliphatic rings. The summed E-state index contributed by atoms with van der Waals surface area (Å²) < 4.78 is 12.8. The topological polar surface area (TPSA) is 42.4 Å². The SMILES string of the molecule is c1ccc2c(-c3nc4c(s3)-c3cccc5cc(N(c6ccc7c(c6)oc6ccccc67)c6ccc7c(c6)oc6ccccc67)cc-4c35)cccc2c1. The Balaban J connectivity index is 1.09. The quantitative estimate of drug-likeness (QED) is 0.185. The van der Waals surface area contributed by atoms with Crippen LogP contribution in [0.1, 0.15) is 0 Å². The molecule has 0 fully saturated rings. The van der Waals surface area contributed by atoms with Crippen molar-refractivity contribution in [1.82, 2.24) is 4.98 Å². The van der Waals surface area contributed by atoms with Crippen molar-refractivity contribution in [3.8, 4) is 32.3 Å². The highest BCUT2D eigenvalue weighted by Gasteiger charge is 2.29. The summed E-state index contributed by atoms with van der Waals surface area (Å²) >= 11 is 1.78. The maximum absolute atomic E-state index is 6.42. The zero-order valence-corrected chi connectivity index (χ0v) is 28.4. The van der Waals surface area contributed by atoms with Crippen LogP contribution in [-0.2, 0) is 0 Å². The Morgan fingerprint density at radius 3 is 1.71 bits per heavy atom. The summed E-state index contributed by atoms with van der Waals surface area (Å²) in [6.07, 6.45) is 0. The van der Waals surface area contributed by atoms with E-state index < -0.39 is 0 Å². The van der Waals surface area contributed by atoms with Gasteiger partial charge in [0.05, 0.1) is 10.6 Å². The van der Waals surface area contributed by atoms with Crippen molar-refractivity contribution in [1.29, 1.82) is 0 Å². The number of anilines is 3. The second kappa shape index (κ2) is 10.4. The van der Waals surface area contributed by atoms with Gasteiger partial charge in [0, 0.05) is 67.4 Å². The second-order valence-electron chi connectivity index (χ2n) is 13.5. The first kappa shape index (κ1) is 28.1. The van der Waals surface area contributed by atoms with Crippen LogP contribution >= 0.6 is 11.3 Å². The molecule has 0 unspecified atom stereocenters. The number of aromatic nitrogens is 1.